The Morgan fingerprint density at radius 3 is 2.86 bits per heavy atom. The van der Waals surface area contributed by atoms with Crippen molar-refractivity contribution in [2.24, 2.45) is 0 Å². The van der Waals surface area contributed by atoms with E-state index in [4.69, 9.17) is 7.85 Å². The van der Waals surface area contributed by atoms with Gasteiger partial charge >= 0.3 is 0 Å². The minimum atomic E-state index is -0.362. The molecule has 1 aliphatic rings. The second kappa shape index (κ2) is 6.30. The van der Waals surface area contributed by atoms with Crippen LogP contribution in [0.4, 0.5) is 5.82 Å². The normalized spacial score (nSPS) is 13.9. The number of pyridine rings is 2. The van der Waals surface area contributed by atoms with Crippen LogP contribution in [0.2, 0.25) is 0 Å². The highest BCUT2D eigenvalue weighted by molar-refractivity contribution is 6.32. The number of hydrogen-bond acceptors (Lipinski definition) is 5. The molecule has 0 saturated heterocycles. The molecule has 0 aliphatic heterocycles. The number of fused-ring (bicyclic) bond motifs is 3. The first kappa shape index (κ1) is 16.7. The highest BCUT2D eigenvalue weighted by atomic mass is 16.2. The molecular formula is C19H15BN6O2. The quantitative estimate of drug-likeness (QED) is 0.535. The van der Waals surface area contributed by atoms with Crippen molar-refractivity contribution in [1.29, 1.82) is 0 Å². The van der Waals surface area contributed by atoms with Crippen molar-refractivity contribution in [3.63, 3.8) is 0 Å². The van der Waals surface area contributed by atoms with Crippen LogP contribution in [0.5, 0.6) is 0 Å². The fourth-order valence-corrected chi connectivity index (χ4v) is 3.26. The molecule has 1 fully saturated rings. The third-order valence-electron chi connectivity index (χ3n) is 4.80. The molecule has 136 valence electrons. The lowest BCUT2D eigenvalue weighted by Gasteiger charge is -2.10. The molecule has 0 unspecified atom stereocenters. The highest BCUT2D eigenvalue weighted by Crippen LogP contribution is 2.39. The summed E-state index contributed by atoms with van der Waals surface area (Å²) >= 11 is 0. The van der Waals surface area contributed by atoms with Gasteiger partial charge in [0.15, 0.2) is 5.65 Å². The SMILES string of the molecule is [B]c1ccc(NC(=O)Cn2c(=O)c3cccnc3n3nc(C4CC4)cc23)nc1. The molecule has 2 radical (unpaired) electrons. The third kappa shape index (κ3) is 2.85. The first-order valence-corrected chi connectivity index (χ1v) is 8.99. The third-order valence-corrected chi connectivity index (χ3v) is 4.80. The molecule has 0 aromatic carbocycles. The Kier molecular flexibility index (Phi) is 3.75. The monoisotopic (exact) mass is 370 g/mol. The van der Waals surface area contributed by atoms with E-state index in [2.05, 4.69) is 20.4 Å². The van der Waals surface area contributed by atoms with Gasteiger partial charge in [0.25, 0.3) is 5.56 Å². The molecule has 5 rings (SSSR count). The average Bonchev–Trinajstić information content (AvgIpc) is 3.45. The van der Waals surface area contributed by atoms with E-state index < -0.39 is 0 Å². The van der Waals surface area contributed by atoms with Gasteiger partial charge in [-0.1, -0.05) is 11.5 Å². The number of hydrogen-bond donors (Lipinski definition) is 1. The fourth-order valence-electron chi connectivity index (χ4n) is 3.26. The smallest absolute Gasteiger partial charge is 0.263 e. The summed E-state index contributed by atoms with van der Waals surface area (Å²) < 4.78 is 3.08. The second-order valence-corrected chi connectivity index (χ2v) is 6.90. The van der Waals surface area contributed by atoms with Crippen molar-refractivity contribution < 1.29 is 4.79 Å². The van der Waals surface area contributed by atoms with Gasteiger partial charge in [-0.25, -0.2) is 9.97 Å². The van der Waals surface area contributed by atoms with E-state index in [9.17, 15) is 9.59 Å². The molecule has 4 aromatic heterocycles. The van der Waals surface area contributed by atoms with Crippen LogP contribution >= 0.6 is 0 Å². The minimum Gasteiger partial charge on any atom is -0.309 e. The van der Waals surface area contributed by atoms with Crippen molar-refractivity contribution in [2.45, 2.75) is 25.3 Å². The molecule has 8 nitrogen and oxygen atoms in total. The van der Waals surface area contributed by atoms with Gasteiger partial charge in [0, 0.05) is 24.4 Å². The Labute approximate surface area is 160 Å². The molecular weight excluding hydrogens is 355 g/mol. The summed E-state index contributed by atoms with van der Waals surface area (Å²) in [5, 5.41) is 7.75. The van der Waals surface area contributed by atoms with Gasteiger partial charge in [-0.15, -0.1) is 0 Å². The van der Waals surface area contributed by atoms with Crippen LogP contribution in [0, 0.1) is 0 Å². The number of aromatic nitrogens is 5. The van der Waals surface area contributed by atoms with E-state index in [1.54, 1.807) is 35.0 Å². The minimum absolute atomic E-state index is 0.158. The molecule has 1 amide bonds. The van der Waals surface area contributed by atoms with Crippen LogP contribution < -0.4 is 16.3 Å². The van der Waals surface area contributed by atoms with E-state index in [1.165, 1.54) is 10.8 Å². The van der Waals surface area contributed by atoms with Gasteiger partial charge in [0.2, 0.25) is 5.91 Å². The van der Waals surface area contributed by atoms with Crippen LogP contribution in [0.1, 0.15) is 24.5 Å². The zero-order valence-electron chi connectivity index (χ0n) is 14.9. The van der Waals surface area contributed by atoms with E-state index in [0.29, 0.717) is 33.9 Å². The maximum Gasteiger partial charge on any atom is 0.263 e. The summed E-state index contributed by atoms with van der Waals surface area (Å²) in [7, 11) is 5.61. The largest absolute Gasteiger partial charge is 0.309 e. The van der Waals surface area contributed by atoms with Gasteiger partial charge in [0.05, 0.1) is 11.1 Å². The van der Waals surface area contributed by atoms with Crippen molar-refractivity contribution in [3.8, 4) is 0 Å². The molecule has 9 heteroatoms. The van der Waals surface area contributed by atoms with Crippen molar-refractivity contribution in [3.05, 3.63) is 58.8 Å². The van der Waals surface area contributed by atoms with Crippen LogP contribution in [-0.2, 0) is 11.3 Å². The Morgan fingerprint density at radius 2 is 2.11 bits per heavy atom. The van der Waals surface area contributed by atoms with Crippen molar-refractivity contribution in [1.82, 2.24) is 24.1 Å². The molecule has 1 saturated carbocycles. The lowest BCUT2D eigenvalue weighted by Crippen LogP contribution is -2.29. The maximum atomic E-state index is 13.0. The zero-order valence-corrected chi connectivity index (χ0v) is 14.9. The standard InChI is InChI=1S/C19H15BN6O2/c20-12-5-6-15(22-9-12)23-16(27)10-25-17-8-14(11-3-4-11)24-26(17)18-13(19(25)28)2-1-7-21-18/h1-2,5-9,11H,3-4,10H2,(H,22,23,27). The highest BCUT2D eigenvalue weighted by Gasteiger charge is 2.28. The Bertz CT molecular complexity index is 1270. The van der Waals surface area contributed by atoms with Gasteiger partial charge in [-0.2, -0.15) is 9.61 Å². The molecule has 0 atom stereocenters. The molecule has 0 bridgehead atoms. The lowest BCUT2D eigenvalue weighted by molar-refractivity contribution is -0.116. The summed E-state index contributed by atoms with van der Waals surface area (Å²) in [5.41, 5.74) is 2.19. The van der Waals surface area contributed by atoms with Crippen LogP contribution in [0.15, 0.2) is 47.5 Å². The lowest BCUT2D eigenvalue weighted by atomic mass is 9.99. The Morgan fingerprint density at radius 1 is 1.25 bits per heavy atom. The molecule has 4 heterocycles. The average molecular weight is 370 g/mol. The zero-order chi connectivity index (χ0) is 19.3. The summed E-state index contributed by atoms with van der Waals surface area (Å²) in [4.78, 5) is 34.0. The van der Waals surface area contributed by atoms with E-state index in [1.807, 2.05) is 6.07 Å². The molecule has 1 aliphatic carbocycles. The van der Waals surface area contributed by atoms with Crippen LogP contribution in [0.25, 0.3) is 16.7 Å². The van der Waals surface area contributed by atoms with Crippen LogP contribution in [-0.4, -0.2) is 37.9 Å². The van der Waals surface area contributed by atoms with Gasteiger partial charge in [0.1, 0.15) is 25.9 Å². The van der Waals surface area contributed by atoms with E-state index >= 15 is 0 Å². The Balaban J connectivity index is 1.58. The molecule has 1 N–H and O–H groups in total. The first-order valence-electron chi connectivity index (χ1n) is 8.99. The molecule has 28 heavy (non-hydrogen) atoms. The Hall–Kier alpha value is -3.49. The van der Waals surface area contributed by atoms with Gasteiger partial charge in [-0.3, -0.25) is 14.2 Å². The van der Waals surface area contributed by atoms with Crippen molar-refractivity contribution in [2.75, 3.05) is 5.32 Å². The number of carbonyl (C=O) groups is 1. The summed E-state index contributed by atoms with van der Waals surface area (Å²) in [6.45, 7) is -0.158. The van der Waals surface area contributed by atoms with Gasteiger partial charge < -0.3 is 5.32 Å². The predicted octanol–water partition coefficient (Wildman–Crippen LogP) is 0.749. The molecule has 0 spiro atoms. The van der Waals surface area contributed by atoms with Crippen molar-refractivity contribution >= 4 is 41.7 Å². The predicted molar refractivity (Wildman–Crippen MR) is 105 cm³/mol. The maximum absolute atomic E-state index is 13.0. The number of carbonyl (C=O) groups excluding carboxylic acids is 1. The fraction of sp³-hybridized carbons (Fsp3) is 0.211. The number of rotatable bonds is 4. The summed E-state index contributed by atoms with van der Waals surface area (Å²) in [6.07, 6.45) is 5.26. The summed E-state index contributed by atoms with van der Waals surface area (Å²) in [5.74, 6) is 0.423. The van der Waals surface area contributed by atoms with E-state index in [0.717, 1.165) is 18.5 Å². The number of amides is 1. The summed E-state index contributed by atoms with van der Waals surface area (Å²) in [6, 6.07) is 8.53. The van der Waals surface area contributed by atoms with Gasteiger partial charge in [-0.05, 0) is 31.0 Å². The number of nitrogens with zero attached hydrogens (tertiary/aromatic N) is 5. The number of nitrogens with one attached hydrogen (secondary N) is 1. The molecule has 4 aromatic rings. The second-order valence-electron chi connectivity index (χ2n) is 6.90. The van der Waals surface area contributed by atoms with E-state index in [-0.39, 0.29) is 18.0 Å². The van der Waals surface area contributed by atoms with Crippen LogP contribution in [0.3, 0.4) is 0 Å². The number of anilines is 1. The first-order chi connectivity index (χ1) is 13.6. The topological polar surface area (TPSA) is 94.2 Å².